The van der Waals surface area contributed by atoms with E-state index in [0.717, 1.165) is 12.8 Å². The van der Waals surface area contributed by atoms with Crippen molar-refractivity contribution in [3.63, 3.8) is 0 Å². The van der Waals surface area contributed by atoms with Crippen LogP contribution in [0.15, 0.2) is 0 Å². The summed E-state index contributed by atoms with van der Waals surface area (Å²) >= 11 is 0. The highest BCUT2D eigenvalue weighted by molar-refractivity contribution is 4.71. The summed E-state index contributed by atoms with van der Waals surface area (Å²) in [5.74, 6) is -0.549. The van der Waals surface area contributed by atoms with Gasteiger partial charge in [-0.2, -0.15) is 0 Å². The van der Waals surface area contributed by atoms with Gasteiger partial charge in [-0.25, -0.2) is 0 Å². The smallest absolute Gasteiger partial charge is 0.285 e. The number of rotatable bonds is 14. The van der Waals surface area contributed by atoms with Gasteiger partial charge in [-0.1, -0.05) is 65.2 Å². The van der Waals surface area contributed by atoms with Gasteiger partial charge < -0.3 is 14.2 Å². The van der Waals surface area contributed by atoms with Crippen molar-refractivity contribution in [2.45, 2.75) is 84.0 Å². The van der Waals surface area contributed by atoms with Crippen LogP contribution in [-0.4, -0.2) is 27.3 Å². The quantitative estimate of drug-likeness (QED) is 0.327. The molecular weight excluding hydrogens is 252 g/mol. The molecule has 0 N–H and O–H groups in total. The van der Waals surface area contributed by atoms with Gasteiger partial charge in [0.05, 0.1) is 0 Å². The molecule has 0 aliphatic rings. The Labute approximate surface area is 126 Å². The summed E-state index contributed by atoms with van der Waals surface area (Å²) in [7, 11) is 5.02. The Hall–Kier alpha value is -0.120. The Morgan fingerprint density at radius 3 is 1.60 bits per heavy atom. The first-order chi connectivity index (χ1) is 9.70. The molecule has 0 rings (SSSR count). The van der Waals surface area contributed by atoms with Gasteiger partial charge in [0.1, 0.15) is 0 Å². The molecule has 0 heterocycles. The lowest BCUT2D eigenvalue weighted by Gasteiger charge is -2.36. The fourth-order valence-electron chi connectivity index (χ4n) is 2.87. The summed E-state index contributed by atoms with van der Waals surface area (Å²) in [6, 6.07) is 0. The third-order valence-electron chi connectivity index (χ3n) is 4.17. The highest BCUT2D eigenvalue weighted by atomic mass is 16.9. The van der Waals surface area contributed by atoms with Crippen LogP contribution in [0.5, 0.6) is 0 Å². The van der Waals surface area contributed by atoms with Crippen molar-refractivity contribution in [3.05, 3.63) is 0 Å². The number of methoxy groups -OCH3 is 3. The lowest BCUT2D eigenvalue weighted by molar-refractivity contribution is -0.380. The molecule has 0 bridgehead atoms. The lowest BCUT2D eigenvalue weighted by atomic mass is 9.92. The van der Waals surface area contributed by atoms with E-state index in [-0.39, 0.29) is 0 Å². The second-order valence-electron chi connectivity index (χ2n) is 5.61. The van der Waals surface area contributed by atoms with Crippen molar-refractivity contribution in [2.24, 2.45) is 5.92 Å². The predicted molar refractivity (Wildman–Crippen MR) is 84.8 cm³/mol. The summed E-state index contributed by atoms with van der Waals surface area (Å²) in [6.45, 7) is 4.47. The Morgan fingerprint density at radius 1 is 0.650 bits per heavy atom. The molecule has 0 aromatic rings. The van der Waals surface area contributed by atoms with E-state index in [1.165, 1.54) is 51.4 Å². The predicted octanol–water partition coefficient (Wildman–Crippen LogP) is 5.14. The van der Waals surface area contributed by atoms with Crippen molar-refractivity contribution in [3.8, 4) is 0 Å². The summed E-state index contributed by atoms with van der Waals surface area (Å²) in [4.78, 5) is 0. The van der Waals surface area contributed by atoms with Crippen LogP contribution in [0, 0.1) is 5.92 Å². The Bertz CT molecular complexity index is 194. The molecule has 0 radical (unpaired) electrons. The maximum Gasteiger partial charge on any atom is 0.285 e. The Morgan fingerprint density at radius 2 is 1.10 bits per heavy atom. The Kier molecular flexibility index (Phi) is 12.5. The topological polar surface area (TPSA) is 27.7 Å². The second kappa shape index (κ2) is 12.6. The molecule has 122 valence electrons. The third-order valence-corrected chi connectivity index (χ3v) is 4.17. The molecule has 0 fully saturated rings. The third kappa shape index (κ3) is 7.05. The lowest BCUT2D eigenvalue weighted by Crippen LogP contribution is -2.44. The van der Waals surface area contributed by atoms with Crippen molar-refractivity contribution >= 4 is 0 Å². The molecule has 0 aliphatic heterocycles. The second-order valence-corrected chi connectivity index (χ2v) is 5.61. The Balaban J connectivity index is 4.25. The largest absolute Gasteiger partial charge is 0.331 e. The number of hydrogen-bond acceptors (Lipinski definition) is 3. The maximum absolute atomic E-state index is 5.55. The molecule has 0 saturated heterocycles. The van der Waals surface area contributed by atoms with Crippen molar-refractivity contribution < 1.29 is 14.2 Å². The minimum Gasteiger partial charge on any atom is -0.331 e. The minimum atomic E-state index is -0.863. The highest BCUT2D eigenvalue weighted by Crippen LogP contribution is 2.32. The minimum absolute atomic E-state index is 0.314. The van der Waals surface area contributed by atoms with E-state index in [1.54, 1.807) is 21.3 Å². The first-order valence-electron chi connectivity index (χ1n) is 8.36. The van der Waals surface area contributed by atoms with Crippen LogP contribution in [0.1, 0.15) is 78.1 Å². The maximum atomic E-state index is 5.55. The summed E-state index contributed by atoms with van der Waals surface area (Å²) in [5.41, 5.74) is 0. The van der Waals surface area contributed by atoms with E-state index < -0.39 is 5.97 Å². The van der Waals surface area contributed by atoms with Gasteiger partial charge in [0.15, 0.2) is 0 Å². The molecule has 0 amide bonds. The van der Waals surface area contributed by atoms with Crippen LogP contribution in [-0.2, 0) is 14.2 Å². The van der Waals surface area contributed by atoms with Gasteiger partial charge in [0.25, 0.3) is 5.97 Å². The molecule has 3 heteroatoms. The van der Waals surface area contributed by atoms with E-state index >= 15 is 0 Å². The molecule has 1 atom stereocenters. The van der Waals surface area contributed by atoms with E-state index in [4.69, 9.17) is 14.2 Å². The van der Waals surface area contributed by atoms with E-state index in [0.29, 0.717) is 5.92 Å². The zero-order chi connectivity index (χ0) is 15.3. The van der Waals surface area contributed by atoms with Crippen LogP contribution in [0.2, 0.25) is 0 Å². The number of hydrogen-bond donors (Lipinski definition) is 0. The average Bonchev–Trinajstić information content (AvgIpc) is 2.49. The number of unbranched alkanes of at least 4 members (excludes halogenated alkanes) is 6. The van der Waals surface area contributed by atoms with Gasteiger partial charge in [0, 0.05) is 27.2 Å². The zero-order valence-corrected chi connectivity index (χ0v) is 14.4. The van der Waals surface area contributed by atoms with Crippen molar-refractivity contribution in [2.75, 3.05) is 21.3 Å². The van der Waals surface area contributed by atoms with E-state index in [2.05, 4.69) is 13.8 Å². The van der Waals surface area contributed by atoms with Crippen molar-refractivity contribution in [1.29, 1.82) is 0 Å². The molecule has 0 aromatic heterocycles. The van der Waals surface area contributed by atoms with Crippen LogP contribution in [0.25, 0.3) is 0 Å². The zero-order valence-electron chi connectivity index (χ0n) is 14.4. The standard InChI is InChI=1S/C17H36O3/c1-6-8-10-11-12-13-15-16(14-9-7-2)17(18-3,19-4)20-5/h16H,6-15H2,1-5H3. The first-order valence-corrected chi connectivity index (χ1v) is 8.36. The summed E-state index contributed by atoms with van der Waals surface area (Å²) < 4.78 is 16.6. The number of ether oxygens (including phenoxy) is 3. The van der Waals surface area contributed by atoms with Crippen molar-refractivity contribution in [1.82, 2.24) is 0 Å². The van der Waals surface area contributed by atoms with Crippen LogP contribution in [0.4, 0.5) is 0 Å². The van der Waals surface area contributed by atoms with Gasteiger partial charge in [-0.15, -0.1) is 0 Å². The molecule has 0 aromatic carbocycles. The molecule has 0 aliphatic carbocycles. The average molecular weight is 288 g/mol. The fraction of sp³-hybridized carbons (Fsp3) is 1.00. The summed E-state index contributed by atoms with van der Waals surface area (Å²) in [5, 5.41) is 0. The molecule has 1 unspecified atom stereocenters. The van der Waals surface area contributed by atoms with Crippen LogP contribution < -0.4 is 0 Å². The van der Waals surface area contributed by atoms with E-state index in [1.807, 2.05) is 0 Å². The van der Waals surface area contributed by atoms with Gasteiger partial charge in [-0.3, -0.25) is 0 Å². The highest BCUT2D eigenvalue weighted by Gasteiger charge is 2.39. The molecular formula is C17H36O3. The molecule has 0 saturated carbocycles. The van der Waals surface area contributed by atoms with Crippen LogP contribution in [0.3, 0.4) is 0 Å². The molecule has 0 spiro atoms. The fourth-order valence-corrected chi connectivity index (χ4v) is 2.87. The normalized spacial score (nSPS) is 13.7. The molecule has 3 nitrogen and oxygen atoms in total. The van der Waals surface area contributed by atoms with E-state index in [9.17, 15) is 0 Å². The molecule has 20 heavy (non-hydrogen) atoms. The SMILES string of the molecule is CCCCCCCCC(CCCC)C(OC)(OC)OC. The van der Waals surface area contributed by atoms with Gasteiger partial charge in [-0.05, 0) is 12.8 Å². The first kappa shape index (κ1) is 19.9. The van der Waals surface area contributed by atoms with Crippen LogP contribution >= 0.6 is 0 Å². The summed E-state index contributed by atoms with van der Waals surface area (Å²) in [6.07, 6.45) is 12.5. The van der Waals surface area contributed by atoms with Gasteiger partial charge >= 0.3 is 0 Å². The van der Waals surface area contributed by atoms with Gasteiger partial charge in [0.2, 0.25) is 0 Å². The monoisotopic (exact) mass is 288 g/mol.